The quantitative estimate of drug-likeness (QED) is 0.230. The monoisotopic (exact) mass is 513 g/mol. The Hall–Kier alpha value is -2.61. The van der Waals surface area contributed by atoms with Gasteiger partial charge < -0.3 is 28.5 Å². The molecule has 0 aliphatic rings. The van der Waals surface area contributed by atoms with E-state index in [9.17, 15) is 9.59 Å². The molecule has 0 aliphatic carbocycles. The maximum absolute atomic E-state index is 13.6. The zero-order valence-electron chi connectivity index (χ0n) is 17.6. The molecule has 4 aromatic rings. The summed E-state index contributed by atoms with van der Waals surface area (Å²) in [6, 6.07) is 13.5. The summed E-state index contributed by atoms with van der Waals surface area (Å²) in [5, 5.41) is 2.57. The molecule has 0 fully saturated rings. The molecule has 0 atom stereocenters. The van der Waals surface area contributed by atoms with Gasteiger partial charge in [0.2, 0.25) is 5.43 Å². The highest BCUT2D eigenvalue weighted by atomic mass is 127. The third-order valence-electron chi connectivity index (χ3n) is 5.53. The van der Waals surface area contributed by atoms with Crippen LogP contribution in [0.15, 0.2) is 53.5 Å². The first-order valence-corrected chi connectivity index (χ1v) is 9.94. The third kappa shape index (κ3) is 3.53. The molecule has 0 N–H and O–H groups in total. The van der Waals surface area contributed by atoms with Gasteiger partial charge >= 0.3 is 0 Å². The first-order valence-electron chi connectivity index (χ1n) is 9.94. The minimum Gasteiger partial charge on any atom is -1.00 e. The van der Waals surface area contributed by atoms with Crippen LogP contribution >= 0.6 is 0 Å². The van der Waals surface area contributed by atoms with Gasteiger partial charge in [-0.25, -0.2) is 4.98 Å². The number of carbonyl (C=O) groups excluding carboxylic acids is 1. The number of halogens is 1. The van der Waals surface area contributed by atoms with Gasteiger partial charge in [0.1, 0.15) is 12.2 Å². The van der Waals surface area contributed by atoms with Crippen molar-refractivity contribution in [3.05, 3.63) is 81.5 Å². The Morgan fingerprint density at radius 3 is 2.50 bits per heavy atom. The number of fused-ring (bicyclic) bond motifs is 2. The van der Waals surface area contributed by atoms with Crippen LogP contribution in [0.2, 0.25) is 0 Å². The summed E-state index contributed by atoms with van der Waals surface area (Å²) >= 11 is 0. The van der Waals surface area contributed by atoms with Crippen molar-refractivity contribution in [2.24, 2.45) is 0 Å². The summed E-state index contributed by atoms with van der Waals surface area (Å²) in [4.78, 5) is 31.3. The molecule has 3 aromatic heterocycles. The van der Waals surface area contributed by atoms with E-state index in [4.69, 9.17) is 0 Å². The second-order valence-electron chi connectivity index (χ2n) is 7.26. The summed E-state index contributed by atoms with van der Waals surface area (Å²) in [5.41, 5.74) is 2.92. The average molecular weight is 513 g/mol. The molecule has 1 aromatic carbocycles. The third-order valence-corrected chi connectivity index (χ3v) is 5.53. The molecular weight excluding hydrogens is 489 g/mol. The molecule has 0 unspecified atom stereocenters. The molecule has 6 heteroatoms. The van der Waals surface area contributed by atoms with Crippen molar-refractivity contribution in [2.75, 3.05) is 0 Å². The minimum atomic E-state index is -0.268. The highest BCUT2D eigenvalue weighted by Crippen LogP contribution is 2.19. The van der Waals surface area contributed by atoms with Gasteiger partial charge in [-0.05, 0) is 44.4 Å². The first kappa shape index (κ1) is 22.1. The van der Waals surface area contributed by atoms with E-state index in [1.807, 2.05) is 67.2 Å². The fourth-order valence-corrected chi connectivity index (χ4v) is 4.00. The number of benzene rings is 1. The number of hydrogen-bond acceptors (Lipinski definition) is 3. The highest BCUT2D eigenvalue weighted by Gasteiger charge is 2.27. The first-order chi connectivity index (χ1) is 14.0. The molecule has 0 bridgehead atoms. The number of hydrogen-bond donors (Lipinski definition) is 0. The summed E-state index contributed by atoms with van der Waals surface area (Å²) in [6.07, 6.45) is 1.66. The SMILES string of the molecule is CCn1cc(C(=O)c2cc3ccccc3c(C)[n+]2CC)c(=O)c2ccc(C)nc21.[I-]. The van der Waals surface area contributed by atoms with Crippen molar-refractivity contribution >= 4 is 27.6 Å². The molecular formula is C24H24IN3O2. The van der Waals surface area contributed by atoms with Gasteiger partial charge in [0.05, 0.1) is 10.9 Å². The normalized spacial score (nSPS) is 10.9. The molecule has 0 saturated carbocycles. The Kier molecular flexibility index (Phi) is 6.36. The topological polar surface area (TPSA) is 55.8 Å². The van der Waals surface area contributed by atoms with Gasteiger partial charge in [-0.2, -0.15) is 4.57 Å². The molecule has 0 amide bonds. The number of carbonyl (C=O) groups is 1. The molecule has 5 nitrogen and oxygen atoms in total. The lowest BCUT2D eigenvalue weighted by atomic mass is 10.0. The largest absolute Gasteiger partial charge is 1.00 e. The van der Waals surface area contributed by atoms with Crippen LogP contribution in [-0.2, 0) is 13.1 Å². The van der Waals surface area contributed by atoms with E-state index < -0.39 is 0 Å². The van der Waals surface area contributed by atoms with E-state index in [0.717, 1.165) is 22.2 Å². The van der Waals surface area contributed by atoms with Crippen molar-refractivity contribution < 1.29 is 33.3 Å². The van der Waals surface area contributed by atoms with Crippen molar-refractivity contribution in [1.82, 2.24) is 9.55 Å². The lowest BCUT2D eigenvalue weighted by Gasteiger charge is -2.12. The van der Waals surface area contributed by atoms with Gasteiger partial charge in [-0.3, -0.25) is 9.59 Å². The van der Waals surface area contributed by atoms with Crippen LogP contribution in [0.4, 0.5) is 0 Å². The van der Waals surface area contributed by atoms with Crippen molar-refractivity contribution in [3.63, 3.8) is 0 Å². The standard InChI is InChI=1S/C24H24N3O2.HI/c1-5-26-14-20(22(28)19-12-11-15(3)25-24(19)26)23(29)21-13-17-9-7-8-10-18(17)16(4)27(21)6-2;/h7-14H,5-6H2,1-4H3;1H/q+1;/p-1. The molecule has 0 radical (unpaired) electrons. The van der Waals surface area contributed by atoms with Crippen LogP contribution in [0.5, 0.6) is 0 Å². The van der Waals surface area contributed by atoms with Gasteiger partial charge in [0.15, 0.2) is 5.69 Å². The van der Waals surface area contributed by atoms with E-state index in [2.05, 4.69) is 11.1 Å². The van der Waals surface area contributed by atoms with E-state index >= 15 is 0 Å². The number of pyridine rings is 3. The van der Waals surface area contributed by atoms with Gasteiger partial charge in [0, 0.05) is 36.8 Å². The van der Waals surface area contributed by atoms with E-state index in [0.29, 0.717) is 29.8 Å². The Balaban J connectivity index is 0.00000256. The van der Waals surface area contributed by atoms with Crippen LogP contribution in [0.25, 0.3) is 21.8 Å². The second kappa shape index (κ2) is 8.63. The fraction of sp³-hybridized carbons (Fsp3) is 0.250. The zero-order chi connectivity index (χ0) is 20.7. The van der Waals surface area contributed by atoms with Crippen LogP contribution in [0.1, 0.15) is 41.3 Å². The number of aryl methyl sites for hydroxylation is 3. The summed E-state index contributed by atoms with van der Waals surface area (Å²) in [7, 11) is 0. The van der Waals surface area contributed by atoms with Crippen molar-refractivity contribution in [1.29, 1.82) is 0 Å². The molecule has 4 rings (SSSR count). The van der Waals surface area contributed by atoms with Gasteiger partial charge in [0.25, 0.3) is 11.5 Å². The molecule has 0 aliphatic heterocycles. The molecule has 30 heavy (non-hydrogen) atoms. The van der Waals surface area contributed by atoms with E-state index in [1.54, 1.807) is 12.3 Å². The number of rotatable bonds is 4. The number of nitrogens with zero attached hydrogens (tertiary/aromatic N) is 3. The fourth-order valence-electron chi connectivity index (χ4n) is 4.00. The second-order valence-corrected chi connectivity index (χ2v) is 7.26. The number of ketones is 1. The van der Waals surface area contributed by atoms with Crippen LogP contribution in [0.3, 0.4) is 0 Å². The maximum atomic E-state index is 13.6. The Morgan fingerprint density at radius 1 is 1.07 bits per heavy atom. The molecule has 154 valence electrons. The molecule has 3 heterocycles. The van der Waals surface area contributed by atoms with E-state index in [1.165, 1.54) is 0 Å². The molecule has 0 spiro atoms. The molecule has 0 saturated heterocycles. The number of aromatic nitrogens is 3. The lowest BCUT2D eigenvalue weighted by molar-refractivity contribution is -0.699. The van der Waals surface area contributed by atoms with Crippen molar-refractivity contribution in [2.45, 2.75) is 40.8 Å². The zero-order valence-corrected chi connectivity index (χ0v) is 19.7. The predicted octanol–water partition coefficient (Wildman–Crippen LogP) is 0.729. The Bertz CT molecular complexity index is 1340. The highest BCUT2D eigenvalue weighted by molar-refractivity contribution is 6.09. The van der Waals surface area contributed by atoms with Crippen molar-refractivity contribution in [3.8, 4) is 0 Å². The van der Waals surface area contributed by atoms with Crippen LogP contribution < -0.4 is 34.0 Å². The summed E-state index contributed by atoms with van der Waals surface area (Å²) < 4.78 is 3.86. The smallest absolute Gasteiger partial charge is 0.262 e. The summed E-state index contributed by atoms with van der Waals surface area (Å²) in [5.74, 6) is -0.254. The minimum absolute atomic E-state index is 0. The predicted molar refractivity (Wildman–Crippen MR) is 114 cm³/mol. The average Bonchev–Trinajstić information content (AvgIpc) is 2.73. The lowest BCUT2D eigenvalue weighted by Crippen LogP contribution is -3.00. The Morgan fingerprint density at radius 2 is 1.80 bits per heavy atom. The van der Waals surface area contributed by atoms with Crippen LogP contribution in [-0.4, -0.2) is 15.3 Å². The van der Waals surface area contributed by atoms with Gasteiger partial charge in [-0.15, -0.1) is 0 Å². The van der Waals surface area contributed by atoms with E-state index in [-0.39, 0.29) is 40.8 Å². The van der Waals surface area contributed by atoms with Crippen LogP contribution in [0, 0.1) is 13.8 Å². The summed E-state index contributed by atoms with van der Waals surface area (Å²) in [6.45, 7) is 9.17. The Labute approximate surface area is 192 Å². The van der Waals surface area contributed by atoms with Gasteiger partial charge in [-0.1, -0.05) is 18.2 Å². The maximum Gasteiger partial charge on any atom is 0.262 e.